The second-order valence-corrected chi connectivity index (χ2v) is 7.28. The van der Waals surface area contributed by atoms with E-state index in [1.54, 1.807) is 0 Å². The number of aryl methyl sites for hydroxylation is 2. The van der Waals surface area contributed by atoms with Gasteiger partial charge in [-0.2, -0.15) is 0 Å². The number of rotatable bonds is 6. The molecule has 1 fully saturated rings. The predicted molar refractivity (Wildman–Crippen MR) is 110 cm³/mol. The molecule has 1 aliphatic heterocycles. The van der Waals surface area contributed by atoms with Crippen LogP contribution in [0.15, 0.2) is 48.5 Å². The molecular formula is C22H27N3O3. The quantitative estimate of drug-likeness (QED) is 0.719. The molecule has 2 aromatic carbocycles. The van der Waals surface area contributed by atoms with Crippen LogP contribution in [0, 0.1) is 13.8 Å². The molecule has 0 aliphatic carbocycles. The summed E-state index contributed by atoms with van der Waals surface area (Å²) in [7, 11) is 0. The minimum Gasteiger partial charge on any atom is -0.381 e. The lowest BCUT2D eigenvalue weighted by Crippen LogP contribution is -2.56. The minimum atomic E-state index is -0.780. The van der Waals surface area contributed by atoms with Crippen LogP contribution in [0.2, 0.25) is 0 Å². The first-order valence-corrected chi connectivity index (χ1v) is 9.54. The van der Waals surface area contributed by atoms with Gasteiger partial charge in [-0.1, -0.05) is 35.4 Å². The number of amides is 2. The van der Waals surface area contributed by atoms with Crippen LogP contribution in [-0.2, 0) is 14.3 Å². The van der Waals surface area contributed by atoms with Gasteiger partial charge in [-0.15, -0.1) is 0 Å². The molecule has 3 rings (SSSR count). The lowest BCUT2D eigenvalue weighted by Gasteiger charge is -2.37. The molecule has 1 saturated heterocycles. The lowest BCUT2D eigenvalue weighted by molar-refractivity contribution is -0.130. The molecule has 1 heterocycles. The summed E-state index contributed by atoms with van der Waals surface area (Å²) >= 11 is 0. The van der Waals surface area contributed by atoms with Crippen molar-refractivity contribution < 1.29 is 14.3 Å². The van der Waals surface area contributed by atoms with E-state index < -0.39 is 5.54 Å². The predicted octanol–water partition coefficient (Wildman–Crippen LogP) is 3.02. The number of ether oxygens (including phenoxy) is 1. The van der Waals surface area contributed by atoms with Gasteiger partial charge in [-0.05, 0) is 38.1 Å². The molecular weight excluding hydrogens is 354 g/mol. The number of hydrogen-bond acceptors (Lipinski definition) is 4. The van der Waals surface area contributed by atoms with E-state index in [1.807, 2.05) is 62.4 Å². The van der Waals surface area contributed by atoms with E-state index in [-0.39, 0.29) is 18.4 Å². The molecule has 148 valence electrons. The number of carbonyl (C=O) groups excluding carboxylic acids is 2. The highest BCUT2D eigenvalue weighted by Crippen LogP contribution is 2.26. The highest BCUT2D eigenvalue weighted by molar-refractivity contribution is 5.97. The van der Waals surface area contributed by atoms with E-state index in [9.17, 15) is 9.59 Å². The van der Waals surface area contributed by atoms with Gasteiger partial charge in [0.2, 0.25) is 11.8 Å². The van der Waals surface area contributed by atoms with Crippen LogP contribution < -0.4 is 16.0 Å². The molecule has 0 atom stereocenters. The average Bonchev–Trinajstić information content (AvgIpc) is 2.70. The summed E-state index contributed by atoms with van der Waals surface area (Å²) in [5.74, 6) is -0.440. The van der Waals surface area contributed by atoms with E-state index >= 15 is 0 Å². The Morgan fingerprint density at radius 3 is 2.00 bits per heavy atom. The smallest absolute Gasteiger partial charge is 0.246 e. The van der Waals surface area contributed by atoms with Crippen LogP contribution in [0.25, 0.3) is 0 Å². The van der Waals surface area contributed by atoms with Crippen molar-refractivity contribution in [2.24, 2.45) is 0 Å². The van der Waals surface area contributed by atoms with Crippen LogP contribution in [0.1, 0.15) is 24.0 Å². The van der Waals surface area contributed by atoms with E-state index in [0.29, 0.717) is 31.7 Å². The summed E-state index contributed by atoms with van der Waals surface area (Å²) in [4.78, 5) is 25.2. The third-order valence-corrected chi connectivity index (χ3v) is 4.96. The van der Waals surface area contributed by atoms with Crippen molar-refractivity contribution in [3.05, 3.63) is 59.7 Å². The van der Waals surface area contributed by atoms with Gasteiger partial charge in [-0.25, -0.2) is 0 Å². The second kappa shape index (κ2) is 8.89. The van der Waals surface area contributed by atoms with Crippen molar-refractivity contribution >= 4 is 23.2 Å². The molecule has 0 unspecified atom stereocenters. The first-order chi connectivity index (χ1) is 13.5. The zero-order chi connectivity index (χ0) is 20.0. The minimum absolute atomic E-state index is 0.0785. The van der Waals surface area contributed by atoms with E-state index in [2.05, 4.69) is 16.0 Å². The maximum absolute atomic E-state index is 13.0. The number of anilines is 2. The molecule has 2 aromatic rings. The van der Waals surface area contributed by atoms with E-state index in [1.165, 1.54) is 0 Å². The van der Waals surface area contributed by atoms with Crippen LogP contribution >= 0.6 is 0 Å². The SMILES string of the molecule is Cc1ccc(NC(=O)CNC(=O)C2(Nc3ccc(C)cc3)CCOCC2)cc1. The molecule has 0 saturated carbocycles. The third-order valence-electron chi connectivity index (χ3n) is 4.96. The largest absolute Gasteiger partial charge is 0.381 e. The Labute approximate surface area is 165 Å². The summed E-state index contributed by atoms with van der Waals surface area (Å²) < 4.78 is 5.45. The van der Waals surface area contributed by atoms with Crippen LogP contribution in [0.3, 0.4) is 0 Å². The number of carbonyl (C=O) groups is 2. The van der Waals surface area contributed by atoms with Gasteiger partial charge in [0.1, 0.15) is 5.54 Å². The molecule has 6 heteroatoms. The van der Waals surface area contributed by atoms with Gasteiger partial charge in [0.15, 0.2) is 0 Å². The topological polar surface area (TPSA) is 79.5 Å². The van der Waals surface area contributed by atoms with Crippen molar-refractivity contribution in [3.8, 4) is 0 Å². The summed E-state index contributed by atoms with van der Waals surface area (Å²) in [6, 6.07) is 15.5. The van der Waals surface area contributed by atoms with Gasteiger partial charge >= 0.3 is 0 Å². The molecule has 28 heavy (non-hydrogen) atoms. The number of nitrogens with one attached hydrogen (secondary N) is 3. The first kappa shape index (κ1) is 19.9. The Kier molecular flexibility index (Phi) is 6.31. The molecule has 3 N–H and O–H groups in total. The Morgan fingerprint density at radius 2 is 1.43 bits per heavy atom. The van der Waals surface area contributed by atoms with Gasteiger partial charge in [0.25, 0.3) is 0 Å². The van der Waals surface area contributed by atoms with Gasteiger partial charge in [0.05, 0.1) is 6.54 Å². The normalized spacial score (nSPS) is 15.5. The second-order valence-electron chi connectivity index (χ2n) is 7.28. The molecule has 0 bridgehead atoms. The lowest BCUT2D eigenvalue weighted by atomic mass is 9.88. The zero-order valence-electron chi connectivity index (χ0n) is 16.4. The fraction of sp³-hybridized carbons (Fsp3) is 0.364. The molecule has 0 radical (unpaired) electrons. The Bertz CT molecular complexity index is 810. The standard InChI is InChI=1S/C22H27N3O3/c1-16-3-7-18(8-4-16)24-20(26)15-23-21(27)22(11-13-28-14-12-22)25-19-9-5-17(2)6-10-19/h3-10,25H,11-15H2,1-2H3,(H,23,27)(H,24,26). The van der Waals surface area contributed by atoms with Gasteiger partial charge in [0, 0.05) is 37.4 Å². The summed E-state index contributed by atoms with van der Waals surface area (Å²) in [6.45, 7) is 4.93. The summed E-state index contributed by atoms with van der Waals surface area (Å²) in [6.07, 6.45) is 1.10. The summed E-state index contributed by atoms with van der Waals surface area (Å²) in [5.41, 5.74) is 3.09. The van der Waals surface area contributed by atoms with Gasteiger partial charge in [-0.3, -0.25) is 9.59 Å². The highest BCUT2D eigenvalue weighted by atomic mass is 16.5. The zero-order valence-corrected chi connectivity index (χ0v) is 16.4. The Hall–Kier alpha value is -2.86. The van der Waals surface area contributed by atoms with Crippen LogP contribution in [-0.4, -0.2) is 37.1 Å². The maximum atomic E-state index is 13.0. The van der Waals surface area contributed by atoms with Gasteiger partial charge < -0.3 is 20.7 Å². The maximum Gasteiger partial charge on any atom is 0.246 e. The van der Waals surface area contributed by atoms with Crippen molar-refractivity contribution in [2.45, 2.75) is 32.2 Å². The molecule has 1 aliphatic rings. The molecule has 0 spiro atoms. The van der Waals surface area contributed by atoms with Crippen molar-refractivity contribution in [1.29, 1.82) is 0 Å². The monoisotopic (exact) mass is 381 g/mol. The van der Waals surface area contributed by atoms with E-state index in [0.717, 1.165) is 16.8 Å². The Balaban J connectivity index is 1.61. The highest BCUT2D eigenvalue weighted by Gasteiger charge is 2.40. The van der Waals surface area contributed by atoms with Crippen molar-refractivity contribution in [2.75, 3.05) is 30.4 Å². The molecule has 6 nitrogen and oxygen atoms in total. The van der Waals surface area contributed by atoms with Crippen LogP contribution in [0.5, 0.6) is 0 Å². The third kappa shape index (κ3) is 5.10. The average molecular weight is 381 g/mol. The Morgan fingerprint density at radius 1 is 0.893 bits per heavy atom. The van der Waals surface area contributed by atoms with Crippen molar-refractivity contribution in [1.82, 2.24) is 5.32 Å². The van der Waals surface area contributed by atoms with E-state index in [4.69, 9.17) is 4.74 Å². The summed E-state index contributed by atoms with van der Waals surface area (Å²) in [5, 5.41) is 8.96. The number of hydrogen-bond donors (Lipinski definition) is 3. The molecule has 2 amide bonds. The van der Waals surface area contributed by atoms with Crippen molar-refractivity contribution in [3.63, 3.8) is 0 Å². The molecule has 0 aromatic heterocycles. The fourth-order valence-electron chi connectivity index (χ4n) is 3.21. The number of benzene rings is 2. The first-order valence-electron chi connectivity index (χ1n) is 9.54. The van der Waals surface area contributed by atoms with Crippen LogP contribution in [0.4, 0.5) is 11.4 Å². The fourth-order valence-corrected chi connectivity index (χ4v) is 3.21.